The number of carbonyl (C=O) groups is 3. The summed E-state index contributed by atoms with van der Waals surface area (Å²) in [5, 5.41) is 14.3. The quantitative estimate of drug-likeness (QED) is 0.657. The fraction of sp³-hybridized carbons (Fsp3) is 0.250. The highest BCUT2D eigenvalue weighted by Crippen LogP contribution is 2.10. The van der Waals surface area contributed by atoms with Crippen molar-refractivity contribution in [3.05, 3.63) is 71.5 Å². The molecule has 0 aliphatic heterocycles. The third-order valence-electron chi connectivity index (χ3n) is 3.97. The van der Waals surface area contributed by atoms with Gasteiger partial charge in [0.1, 0.15) is 17.9 Å². The molecule has 7 heteroatoms. The molecule has 0 radical (unpaired) electrons. The fourth-order valence-electron chi connectivity index (χ4n) is 2.66. The van der Waals surface area contributed by atoms with Crippen molar-refractivity contribution in [2.24, 2.45) is 0 Å². The summed E-state index contributed by atoms with van der Waals surface area (Å²) in [7, 11) is 0. The van der Waals surface area contributed by atoms with Crippen molar-refractivity contribution in [3.8, 4) is 0 Å². The Morgan fingerprint density at radius 3 is 2.15 bits per heavy atom. The smallest absolute Gasteiger partial charge is 0.326 e. The molecule has 2 aromatic rings. The normalized spacial score (nSPS) is 12.7. The van der Waals surface area contributed by atoms with Crippen LogP contribution in [0.15, 0.2) is 54.6 Å². The van der Waals surface area contributed by atoms with Crippen molar-refractivity contribution in [2.45, 2.75) is 31.8 Å². The molecule has 142 valence electrons. The van der Waals surface area contributed by atoms with E-state index in [0.29, 0.717) is 0 Å². The number of carboxylic acids is 1. The van der Waals surface area contributed by atoms with Gasteiger partial charge in [0.25, 0.3) is 0 Å². The summed E-state index contributed by atoms with van der Waals surface area (Å²) in [4.78, 5) is 35.6. The van der Waals surface area contributed by atoms with E-state index in [9.17, 15) is 23.9 Å². The number of amides is 2. The van der Waals surface area contributed by atoms with Gasteiger partial charge in [-0.25, -0.2) is 9.18 Å². The van der Waals surface area contributed by atoms with Gasteiger partial charge < -0.3 is 15.7 Å². The van der Waals surface area contributed by atoms with E-state index in [2.05, 4.69) is 10.6 Å². The van der Waals surface area contributed by atoms with Gasteiger partial charge in [-0.3, -0.25) is 9.59 Å². The molecule has 2 atom stereocenters. The molecule has 0 fully saturated rings. The average Bonchev–Trinajstić information content (AvgIpc) is 2.62. The monoisotopic (exact) mass is 372 g/mol. The summed E-state index contributed by atoms with van der Waals surface area (Å²) in [5.74, 6) is -2.88. The lowest BCUT2D eigenvalue weighted by atomic mass is 10.0. The number of hydrogen-bond acceptors (Lipinski definition) is 3. The van der Waals surface area contributed by atoms with E-state index in [-0.39, 0.29) is 18.4 Å². The lowest BCUT2D eigenvalue weighted by molar-refractivity contribution is -0.142. The van der Waals surface area contributed by atoms with E-state index >= 15 is 0 Å². The first kappa shape index (κ1) is 20.1. The zero-order chi connectivity index (χ0) is 19.8. The van der Waals surface area contributed by atoms with E-state index in [0.717, 1.165) is 5.56 Å². The molecule has 0 heterocycles. The van der Waals surface area contributed by atoms with Crippen molar-refractivity contribution in [3.63, 3.8) is 0 Å². The van der Waals surface area contributed by atoms with Gasteiger partial charge in [-0.05, 0) is 17.2 Å². The van der Waals surface area contributed by atoms with E-state index in [1.165, 1.54) is 25.1 Å². The Hall–Kier alpha value is -3.22. The largest absolute Gasteiger partial charge is 0.480 e. The van der Waals surface area contributed by atoms with Crippen LogP contribution in [0.1, 0.15) is 18.1 Å². The number of carboxylic acid groups (broad SMARTS) is 1. The second-order valence-corrected chi connectivity index (χ2v) is 6.14. The molecule has 2 aromatic carbocycles. The Balaban J connectivity index is 2.13. The summed E-state index contributed by atoms with van der Waals surface area (Å²) >= 11 is 0. The minimum absolute atomic E-state index is 0.185. The number of benzene rings is 2. The molecule has 0 bridgehead atoms. The Morgan fingerprint density at radius 2 is 1.56 bits per heavy atom. The maximum absolute atomic E-state index is 13.8. The van der Waals surface area contributed by atoms with Crippen LogP contribution in [0.25, 0.3) is 0 Å². The first-order valence-electron chi connectivity index (χ1n) is 8.44. The van der Waals surface area contributed by atoms with E-state index in [1.54, 1.807) is 30.3 Å². The summed E-state index contributed by atoms with van der Waals surface area (Å²) in [5.41, 5.74) is 0.997. The van der Waals surface area contributed by atoms with Crippen molar-refractivity contribution in [1.29, 1.82) is 0 Å². The topological polar surface area (TPSA) is 95.5 Å². The molecule has 2 amide bonds. The minimum Gasteiger partial charge on any atom is -0.480 e. The summed E-state index contributed by atoms with van der Waals surface area (Å²) in [6, 6.07) is 12.6. The summed E-state index contributed by atoms with van der Waals surface area (Å²) in [6.07, 6.45) is 0.00413. The maximum Gasteiger partial charge on any atom is 0.326 e. The van der Waals surface area contributed by atoms with Crippen molar-refractivity contribution in [2.75, 3.05) is 0 Å². The van der Waals surface area contributed by atoms with Crippen molar-refractivity contribution >= 4 is 17.8 Å². The molecule has 0 aromatic heterocycles. The summed E-state index contributed by atoms with van der Waals surface area (Å²) < 4.78 is 13.8. The van der Waals surface area contributed by atoms with Crippen LogP contribution in [0.3, 0.4) is 0 Å². The molecule has 0 unspecified atom stereocenters. The minimum atomic E-state index is -1.32. The van der Waals surface area contributed by atoms with Gasteiger partial charge in [0.15, 0.2) is 0 Å². The van der Waals surface area contributed by atoms with Gasteiger partial charge in [0.05, 0.1) is 0 Å². The van der Waals surface area contributed by atoms with Gasteiger partial charge in [-0.2, -0.15) is 0 Å². The highest BCUT2D eigenvalue weighted by Gasteiger charge is 2.27. The first-order valence-corrected chi connectivity index (χ1v) is 8.44. The molecule has 2 rings (SSSR count). The lowest BCUT2D eigenvalue weighted by Gasteiger charge is -2.21. The number of halogens is 1. The summed E-state index contributed by atoms with van der Waals surface area (Å²) in [6.45, 7) is 1.28. The Kier molecular flexibility index (Phi) is 7.05. The SMILES string of the molecule is CC(=O)N[C@H](Cc1ccccc1)C(=O)N[C@@H](Cc1ccccc1F)C(=O)O. The van der Waals surface area contributed by atoms with Crippen LogP contribution >= 0.6 is 0 Å². The standard InChI is InChI=1S/C20H21FN2O4/c1-13(24)22-17(11-14-7-3-2-4-8-14)19(25)23-18(20(26)27)12-15-9-5-6-10-16(15)21/h2-10,17-18H,11-12H2,1H3,(H,22,24)(H,23,25)(H,26,27)/t17-,18+/m1/s1. The molecule has 0 saturated heterocycles. The molecular weight excluding hydrogens is 351 g/mol. The average molecular weight is 372 g/mol. The zero-order valence-corrected chi connectivity index (χ0v) is 14.8. The molecule has 0 spiro atoms. The number of rotatable bonds is 8. The van der Waals surface area contributed by atoms with Gasteiger partial charge in [0.2, 0.25) is 11.8 Å². The van der Waals surface area contributed by atoms with Crippen LogP contribution in [-0.2, 0) is 27.2 Å². The number of hydrogen-bond donors (Lipinski definition) is 3. The maximum atomic E-state index is 13.8. The Bertz CT molecular complexity index is 811. The second kappa shape index (κ2) is 9.47. The molecule has 6 nitrogen and oxygen atoms in total. The van der Waals surface area contributed by atoms with Crippen LogP contribution in [-0.4, -0.2) is 35.0 Å². The molecule has 3 N–H and O–H groups in total. The molecule has 0 aliphatic rings. The van der Waals surface area contributed by atoms with Gasteiger partial charge in [-0.1, -0.05) is 48.5 Å². The first-order chi connectivity index (χ1) is 12.9. The lowest BCUT2D eigenvalue weighted by Crippen LogP contribution is -2.52. The number of carbonyl (C=O) groups excluding carboxylic acids is 2. The van der Waals surface area contributed by atoms with Crippen LogP contribution in [0.4, 0.5) is 4.39 Å². The predicted octanol–water partition coefficient (Wildman–Crippen LogP) is 1.68. The molecule has 0 saturated carbocycles. The van der Waals surface area contributed by atoms with Gasteiger partial charge in [0, 0.05) is 19.8 Å². The van der Waals surface area contributed by atoms with E-state index < -0.39 is 35.7 Å². The van der Waals surface area contributed by atoms with Crippen LogP contribution < -0.4 is 10.6 Å². The number of aliphatic carboxylic acids is 1. The fourth-order valence-corrected chi connectivity index (χ4v) is 2.66. The van der Waals surface area contributed by atoms with Crippen LogP contribution in [0, 0.1) is 5.82 Å². The Labute approximate surface area is 156 Å². The van der Waals surface area contributed by atoms with Crippen LogP contribution in [0.5, 0.6) is 0 Å². The zero-order valence-electron chi connectivity index (χ0n) is 14.8. The van der Waals surface area contributed by atoms with Crippen molar-refractivity contribution < 1.29 is 23.9 Å². The highest BCUT2D eigenvalue weighted by atomic mass is 19.1. The molecular formula is C20H21FN2O4. The third-order valence-corrected chi connectivity index (χ3v) is 3.97. The predicted molar refractivity (Wildman–Crippen MR) is 97.4 cm³/mol. The van der Waals surface area contributed by atoms with E-state index in [4.69, 9.17) is 0 Å². The molecule has 0 aliphatic carbocycles. The highest BCUT2D eigenvalue weighted by molar-refractivity contribution is 5.90. The molecule has 27 heavy (non-hydrogen) atoms. The van der Waals surface area contributed by atoms with Gasteiger partial charge in [-0.15, -0.1) is 0 Å². The van der Waals surface area contributed by atoms with Gasteiger partial charge >= 0.3 is 5.97 Å². The second-order valence-electron chi connectivity index (χ2n) is 6.14. The number of nitrogens with one attached hydrogen (secondary N) is 2. The van der Waals surface area contributed by atoms with Crippen LogP contribution in [0.2, 0.25) is 0 Å². The van der Waals surface area contributed by atoms with E-state index in [1.807, 2.05) is 6.07 Å². The van der Waals surface area contributed by atoms with Crippen molar-refractivity contribution in [1.82, 2.24) is 10.6 Å². The third kappa shape index (κ3) is 6.22. The Morgan fingerprint density at radius 1 is 0.926 bits per heavy atom.